The predicted molar refractivity (Wildman–Crippen MR) is 117 cm³/mol. The summed E-state index contributed by atoms with van der Waals surface area (Å²) >= 11 is 6.18. The van der Waals surface area contributed by atoms with Gasteiger partial charge in [0.15, 0.2) is 0 Å². The Labute approximate surface area is 182 Å². The standard InChI is InChI=1S/C22H18ClFN6O/c1-30-10-12(8-27-30)13-7-14(13)22(31)29-19-6-11-5-18(28-21(25)15(11)9-26-19)20-16(23)3-2-4-17(20)24/h2-6,8-10,13-14H,7H2,1H3,(H2,25,28)(H,26,29,31)/t13-,14+/m0/s1. The topological polar surface area (TPSA) is 98.7 Å². The van der Waals surface area contributed by atoms with Crippen LogP contribution in [0.5, 0.6) is 0 Å². The first kappa shape index (κ1) is 19.4. The van der Waals surface area contributed by atoms with Gasteiger partial charge >= 0.3 is 0 Å². The number of nitrogens with zero attached hydrogens (tertiary/aromatic N) is 4. The molecule has 4 aromatic rings. The number of nitrogens with one attached hydrogen (secondary N) is 1. The molecule has 5 rings (SSSR count). The molecule has 1 aliphatic carbocycles. The maximum absolute atomic E-state index is 14.4. The Morgan fingerprint density at radius 2 is 2.16 bits per heavy atom. The molecule has 9 heteroatoms. The lowest BCUT2D eigenvalue weighted by Crippen LogP contribution is -2.15. The fraction of sp³-hybridized carbons (Fsp3) is 0.182. The van der Waals surface area contributed by atoms with E-state index >= 15 is 0 Å². The highest BCUT2D eigenvalue weighted by Gasteiger charge is 2.44. The first-order chi connectivity index (χ1) is 14.9. The number of halogens is 2. The van der Waals surface area contributed by atoms with Crippen LogP contribution in [0.25, 0.3) is 22.0 Å². The lowest BCUT2D eigenvalue weighted by molar-refractivity contribution is -0.117. The molecule has 0 bridgehead atoms. The van der Waals surface area contributed by atoms with Crippen molar-refractivity contribution in [1.82, 2.24) is 19.7 Å². The summed E-state index contributed by atoms with van der Waals surface area (Å²) in [4.78, 5) is 21.2. The third-order valence-corrected chi connectivity index (χ3v) is 5.81. The van der Waals surface area contributed by atoms with E-state index in [2.05, 4.69) is 20.4 Å². The van der Waals surface area contributed by atoms with Crippen LogP contribution in [0, 0.1) is 11.7 Å². The summed E-state index contributed by atoms with van der Waals surface area (Å²) in [5, 5.41) is 8.55. The monoisotopic (exact) mass is 436 g/mol. The molecule has 156 valence electrons. The number of hydrogen-bond donors (Lipinski definition) is 2. The number of fused-ring (bicyclic) bond motifs is 1. The van der Waals surface area contributed by atoms with Crippen molar-refractivity contribution in [3.63, 3.8) is 0 Å². The van der Waals surface area contributed by atoms with Crippen molar-refractivity contribution in [3.8, 4) is 11.3 Å². The van der Waals surface area contributed by atoms with Crippen LogP contribution in [0.1, 0.15) is 17.9 Å². The van der Waals surface area contributed by atoms with Crippen LogP contribution in [0.2, 0.25) is 5.02 Å². The summed E-state index contributed by atoms with van der Waals surface area (Å²) in [5.74, 6) is 0.0685. The average molecular weight is 437 g/mol. The number of nitrogens with two attached hydrogens (primary N) is 1. The number of hydrogen-bond acceptors (Lipinski definition) is 5. The minimum Gasteiger partial charge on any atom is -0.383 e. The quantitative estimate of drug-likeness (QED) is 0.500. The number of carbonyl (C=O) groups is 1. The van der Waals surface area contributed by atoms with Crippen molar-refractivity contribution in [3.05, 3.63) is 65.3 Å². The van der Waals surface area contributed by atoms with Gasteiger partial charge in [0.05, 0.1) is 22.5 Å². The second kappa shape index (κ2) is 7.31. The Balaban J connectivity index is 1.42. The van der Waals surface area contributed by atoms with Gasteiger partial charge in [-0.15, -0.1) is 0 Å². The first-order valence-corrected chi connectivity index (χ1v) is 10.1. The van der Waals surface area contributed by atoms with Crippen molar-refractivity contribution in [2.75, 3.05) is 11.1 Å². The number of carbonyl (C=O) groups excluding carboxylic acids is 1. The van der Waals surface area contributed by atoms with Crippen LogP contribution >= 0.6 is 11.6 Å². The third kappa shape index (κ3) is 3.59. The van der Waals surface area contributed by atoms with Crippen LogP contribution < -0.4 is 11.1 Å². The van der Waals surface area contributed by atoms with E-state index in [0.29, 0.717) is 22.3 Å². The Bertz CT molecular complexity index is 1320. The number of benzene rings is 1. The van der Waals surface area contributed by atoms with Crippen LogP contribution in [-0.2, 0) is 11.8 Å². The molecule has 0 unspecified atom stereocenters. The summed E-state index contributed by atoms with van der Waals surface area (Å²) in [6.07, 6.45) is 6.04. The van der Waals surface area contributed by atoms with E-state index < -0.39 is 5.82 Å². The number of aryl methyl sites for hydroxylation is 1. The van der Waals surface area contributed by atoms with Gasteiger partial charge in [0.25, 0.3) is 0 Å². The largest absolute Gasteiger partial charge is 0.383 e. The molecule has 0 radical (unpaired) electrons. The molecule has 31 heavy (non-hydrogen) atoms. The number of nitrogen functional groups attached to an aromatic ring is 1. The molecule has 0 spiro atoms. The third-order valence-electron chi connectivity index (χ3n) is 5.50. The highest BCUT2D eigenvalue weighted by molar-refractivity contribution is 6.33. The SMILES string of the molecule is Cn1cc([C@@H]2C[C@H]2C(=O)Nc2cc3cc(-c4c(F)cccc4Cl)nc(N)c3cn2)cn1. The van der Waals surface area contributed by atoms with Crippen molar-refractivity contribution >= 4 is 39.9 Å². The summed E-state index contributed by atoms with van der Waals surface area (Å²) in [5.41, 5.74) is 7.63. The van der Waals surface area contributed by atoms with Gasteiger partial charge in [-0.05, 0) is 47.6 Å². The van der Waals surface area contributed by atoms with Crippen molar-refractivity contribution in [2.24, 2.45) is 13.0 Å². The molecular formula is C22H18ClFN6O. The molecule has 3 N–H and O–H groups in total. The van der Waals surface area contributed by atoms with E-state index in [9.17, 15) is 9.18 Å². The Hall–Kier alpha value is -3.52. The highest BCUT2D eigenvalue weighted by Crippen LogP contribution is 2.47. The molecule has 3 aromatic heterocycles. The molecular weight excluding hydrogens is 419 g/mol. The molecule has 3 heterocycles. The van der Waals surface area contributed by atoms with E-state index in [1.807, 2.05) is 13.2 Å². The first-order valence-electron chi connectivity index (χ1n) is 9.71. The summed E-state index contributed by atoms with van der Waals surface area (Å²) in [7, 11) is 1.85. The second-order valence-corrected chi connectivity index (χ2v) is 8.07. The van der Waals surface area contributed by atoms with Gasteiger partial charge in [0.1, 0.15) is 17.5 Å². The van der Waals surface area contributed by atoms with Gasteiger partial charge in [0.2, 0.25) is 5.91 Å². The Kier molecular flexibility index (Phi) is 4.59. The molecule has 1 saturated carbocycles. The fourth-order valence-corrected chi connectivity index (χ4v) is 4.08. The molecule has 1 aromatic carbocycles. The molecule has 2 atom stereocenters. The van der Waals surface area contributed by atoms with E-state index in [1.54, 1.807) is 35.3 Å². The number of aromatic nitrogens is 4. The highest BCUT2D eigenvalue weighted by atomic mass is 35.5. The molecule has 1 amide bonds. The number of anilines is 2. The number of amides is 1. The Morgan fingerprint density at radius 3 is 2.90 bits per heavy atom. The average Bonchev–Trinajstić information content (AvgIpc) is 3.41. The van der Waals surface area contributed by atoms with Crippen LogP contribution in [0.4, 0.5) is 16.0 Å². The molecule has 0 aliphatic heterocycles. The smallest absolute Gasteiger partial charge is 0.229 e. The minimum absolute atomic E-state index is 0.0971. The normalized spacial score (nSPS) is 17.6. The van der Waals surface area contributed by atoms with Gasteiger partial charge in [-0.3, -0.25) is 9.48 Å². The number of rotatable bonds is 4. The van der Waals surface area contributed by atoms with Crippen molar-refractivity contribution in [1.29, 1.82) is 0 Å². The maximum atomic E-state index is 14.4. The van der Waals surface area contributed by atoms with E-state index in [0.717, 1.165) is 12.0 Å². The second-order valence-electron chi connectivity index (χ2n) is 7.67. The van der Waals surface area contributed by atoms with Crippen molar-refractivity contribution in [2.45, 2.75) is 12.3 Å². The van der Waals surface area contributed by atoms with Crippen LogP contribution in [-0.4, -0.2) is 25.7 Å². The zero-order valence-corrected chi connectivity index (χ0v) is 17.3. The van der Waals surface area contributed by atoms with Gasteiger partial charge in [0, 0.05) is 30.7 Å². The Morgan fingerprint density at radius 1 is 1.32 bits per heavy atom. The van der Waals surface area contributed by atoms with Crippen LogP contribution in [0.15, 0.2) is 48.9 Å². The fourth-order valence-electron chi connectivity index (χ4n) is 3.82. The summed E-state index contributed by atoms with van der Waals surface area (Å²) in [6, 6.07) is 7.82. The van der Waals surface area contributed by atoms with Gasteiger partial charge < -0.3 is 11.1 Å². The predicted octanol–water partition coefficient (Wildman–Crippen LogP) is 4.15. The van der Waals surface area contributed by atoms with Crippen LogP contribution in [0.3, 0.4) is 0 Å². The minimum atomic E-state index is -0.489. The lowest BCUT2D eigenvalue weighted by Gasteiger charge is -2.10. The molecule has 1 aliphatic rings. The summed E-state index contributed by atoms with van der Waals surface area (Å²) in [6.45, 7) is 0. The van der Waals surface area contributed by atoms with E-state index in [4.69, 9.17) is 17.3 Å². The van der Waals surface area contributed by atoms with Gasteiger partial charge in [-0.25, -0.2) is 14.4 Å². The maximum Gasteiger partial charge on any atom is 0.229 e. The zero-order chi connectivity index (χ0) is 21.7. The van der Waals surface area contributed by atoms with Gasteiger partial charge in [-0.1, -0.05) is 17.7 Å². The molecule has 0 saturated heterocycles. The molecule has 1 fully saturated rings. The molecule has 7 nitrogen and oxygen atoms in total. The van der Waals surface area contributed by atoms with Crippen molar-refractivity contribution < 1.29 is 9.18 Å². The lowest BCUT2D eigenvalue weighted by atomic mass is 10.1. The zero-order valence-electron chi connectivity index (χ0n) is 16.5. The summed E-state index contributed by atoms with van der Waals surface area (Å²) < 4.78 is 16.1. The van der Waals surface area contributed by atoms with Gasteiger partial charge in [-0.2, -0.15) is 5.10 Å². The van der Waals surface area contributed by atoms with E-state index in [1.165, 1.54) is 12.1 Å². The van der Waals surface area contributed by atoms with E-state index in [-0.39, 0.29) is 34.1 Å². The number of pyridine rings is 2.